The molecule has 1 aliphatic rings. The van der Waals surface area contributed by atoms with E-state index in [2.05, 4.69) is 16.0 Å². The highest BCUT2D eigenvalue weighted by molar-refractivity contribution is 6.06. The minimum absolute atomic E-state index is 0.274. The molecule has 0 saturated carbocycles. The highest BCUT2D eigenvalue weighted by atomic mass is 16.5. The van der Waals surface area contributed by atoms with E-state index in [-0.39, 0.29) is 11.9 Å². The van der Waals surface area contributed by atoms with Crippen molar-refractivity contribution in [2.24, 2.45) is 0 Å². The Labute approximate surface area is 145 Å². The van der Waals surface area contributed by atoms with Gasteiger partial charge in [0, 0.05) is 11.4 Å². The first kappa shape index (κ1) is 16.6. The average Bonchev–Trinajstić information content (AvgIpc) is 2.61. The quantitative estimate of drug-likeness (QED) is 0.802. The van der Waals surface area contributed by atoms with E-state index >= 15 is 0 Å². The number of urea groups is 1. The molecule has 6 nitrogen and oxygen atoms in total. The van der Waals surface area contributed by atoms with Crippen LogP contribution in [0, 0.1) is 0 Å². The van der Waals surface area contributed by atoms with Crippen LogP contribution in [0.2, 0.25) is 0 Å². The summed E-state index contributed by atoms with van der Waals surface area (Å²) in [6.45, 7) is 1.71. The molecule has 1 unspecified atom stereocenters. The molecule has 128 valence electrons. The molecule has 6 heteroatoms. The van der Waals surface area contributed by atoms with Gasteiger partial charge < -0.3 is 20.7 Å². The zero-order valence-electron chi connectivity index (χ0n) is 14.0. The third kappa shape index (κ3) is 3.63. The molecular formula is C19H19N3O3. The summed E-state index contributed by atoms with van der Waals surface area (Å²) in [6, 6.07) is 15.6. The molecule has 2 aromatic carbocycles. The summed E-state index contributed by atoms with van der Waals surface area (Å²) in [6.07, 6.45) is 0. The molecule has 0 radical (unpaired) electrons. The molecule has 3 amide bonds. The summed E-state index contributed by atoms with van der Waals surface area (Å²) in [5, 5.41) is 8.33. The lowest BCUT2D eigenvalue weighted by molar-refractivity contribution is -0.113. The van der Waals surface area contributed by atoms with E-state index in [0.717, 1.165) is 5.56 Å². The Balaban J connectivity index is 1.96. The average molecular weight is 337 g/mol. The van der Waals surface area contributed by atoms with Crippen LogP contribution in [0.4, 0.5) is 10.5 Å². The van der Waals surface area contributed by atoms with Gasteiger partial charge in [0.1, 0.15) is 5.75 Å². The van der Waals surface area contributed by atoms with Gasteiger partial charge >= 0.3 is 6.03 Å². The molecule has 3 rings (SSSR count). The number of allylic oxidation sites excluding steroid dienone is 1. The number of amides is 3. The van der Waals surface area contributed by atoms with Crippen molar-refractivity contribution < 1.29 is 14.3 Å². The number of carbonyl (C=O) groups is 2. The predicted octanol–water partition coefficient (Wildman–Crippen LogP) is 2.96. The zero-order valence-corrected chi connectivity index (χ0v) is 14.0. The lowest BCUT2D eigenvalue weighted by atomic mass is 9.94. The first-order valence-electron chi connectivity index (χ1n) is 7.87. The second-order valence-electron chi connectivity index (χ2n) is 5.67. The smallest absolute Gasteiger partial charge is 0.319 e. The predicted molar refractivity (Wildman–Crippen MR) is 95.2 cm³/mol. The molecule has 0 saturated heterocycles. The summed E-state index contributed by atoms with van der Waals surface area (Å²) in [7, 11) is 1.57. The fourth-order valence-corrected chi connectivity index (χ4v) is 2.79. The van der Waals surface area contributed by atoms with Crippen molar-refractivity contribution >= 4 is 17.6 Å². The second-order valence-corrected chi connectivity index (χ2v) is 5.67. The molecule has 0 bridgehead atoms. The molecular weight excluding hydrogens is 318 g/mol. The SMILES string of the molecule is COc1cccc(C2NC(=O)NC(C)=C2C(=O)Nc2ccccc2)c1. The van der Waals surface area contributed by atoms with Gasteiger partial charge in [-0.1, -0.05) is 30.3 Å². The molecule has 0 spiro atoms. The molecule has 1 heterocycles. The van der Waals surface area contributed by atoms with Crippen LogP contribution < -0.4 is 20.7 Å². The molecule has 25 heavy (non-hydrogen) atoms. The van der Waals surface area contributed by atoms with Crippen molar-refractivity contribution in [3.05, 3.63) is 71.4 Å². The summed E-state index contributed by atoms with van der Waals surface area (Å²) in [5.74, 6) is 0.384. The van der Waals surface area contributed by atoms with Crippen molar-refractivity contribution in [1.82, 2.24) is 10.6 Å². The normalized spacial score (nSPS) is 16.7. The molecule has 0 fully saturated rings. The fourth-order valence-electron chi connectivity index (χ4n) is 2.79. The van der Waals surface area contributed by atoms with Crippen molar-refractivity contribution in [2.45, 2.75) is 13.0 Å². The number of methoxy groups -OCH3 is 1. The maximum atomic E-state index is 12.8. The van der Waals surface area contributed by atoms with Gasteiger partial charge in [0.25, 0.3) is 5.91 Å². The molecule has 0 aliphatic carbocycles. The molecule has 2 aromatic rings. The first-order valence-corrected chi connectivity index (χ1v) is 7.87. The van der Waals surface area contributed by atoms with Crippen LogP contribution in [0.5, 0.6) is 5.75 Å². The van der Waals surface area contributed by atoms with Gasteiger partial charge in [-0.2, -0.15) is 0 Å². The standard InChI is InChI=1S/C19H19N3O3/c1-12-16(18(23)21-14-8-4-3-5-9-14)17(22-19(24)20-12)13-7-6-10-15(11-13)25-2/h3-11,17H,1-2H3,(H,21,23)(H2,20,22,24). The van der Waals surface area contributed by atoms with Gasteiger partial charge in [-0.25, -0.2) is 4.79 Å². The summed E-state index contributed by atoms with van der Waals surface area (Å²) in [4.78, 5) is 24.8. The van der Waals surface area contributed by atoms with Crippen LogP contribution in [0.3, 0.4) is 0 Å². The number of ether oxygens (including phenoxy) is 1. The van der Waals surface area contributed by atoms with Crippen LogP contribution in [-0.4, -0.2) is 19.0 Å². The largest absolute Gasteiger partial charge is 0.497 e. The van der Waals surface area contributed by atoms with Crippen LogP contribution in [-0.2, 0) is 4.79 Å². The third-order valence-electron chi connectivity index (χ3n) is 3.97. The summed E-state index contributed by atoms with van der Waals surface area (Å²) >= 11 is 0. The van der Waals surface area contributed by atoms with Crippen LogP contribution in [0.25, 0.3) is 0 Å². The Kier molecular flexibility index (Phi) is 4.70. The number of nitrogens with one attached hydrogen (secondary N) is 3. The zero-order chi connectivity index (χ0) is 17.8. The van der Waals surface area contributed by atoms with Crippen molar-refractivity contribution in [2.75, 3.05) is 12.4 Å². The Morgan fingerprint density at radius 3 is 2.60 bits per heavy atom. The molecule has 1 atom stereocenters. The number of para-hydroxylation sites is 1. The van der Waals surface area contributed by atoms with E-state index in [9.17, 15) is 9.59 Å². The highest BCUT2D eigenvalue weighted by Crippen LogP contribution is 2.29. The minimum atomic E-state index is -0.562. The lowest BCUT2D eigenvalue weighted by Gasteiger charge is -2.28. The third-order valence-corrected chi connectivity index (χ3v) is 3.97. The van der Waals surface area contributed by atoms with E-state index in [1.165, 1.54) is 0 Å². The molecule has 3 N–H and O–H groups in total. The monoisotopic (exact) mass is 337 g/mol. The topological polar surface area (TPSA) is 79.5 Å². The van der Waals surface area contributed by atoms with Crippen LogP contribution >= 0.6 is 0 Å². The van der Waals surface area contributed by atoms with E-state index < -0.39 is 6.04 Å². The van der Waals surface area contributed by atoms with Gasteiger partial charge in [-0.05, 0) is 36.8 Å². The first-order chi connectivity index (χ1) is 12.1. The molecule has 0 aromatic heterocycles. The number of hydrogen-bond acceptors (Lipinski definition) is 3. The maximum Gasteiger partial charge on any atom is 0.319 e. The Bertz CT molecular complexity index is 831. The minimum Gasteiger partial charge on any atom is -0.497 e. The van der Waals surface area contributed by atoms with Crippen molar-refractivity contribution in [3.63, 3.8) is 0 Å². The summed E-state index contributed by atoms with van der Waals surface area (Å²) < 4.78 is 5.25. The number of anilines is 1. The Morgan fingerprint density at radius 1 is 1.12 bits per heavy atom. The van der Waals surface area contributed by atoms with Gasteiger partial charge in [0.2, 0.25) is 0 Å². The van der Waals surface area contributed by atoms with Gasteiger partial charge in [0.05, 0.1) is 18.7 Å². The maximum absolute atomic E-state index is 12.8. The van der Waals surface area contributed by atoms with E-state index in [1.807, 2.05) is 48.5 Å². The molecule has 1 aliphatic heterocycles. The highest BCUT2D eigenvalue weighted by Gasteiger charge is 2.31. The van der Waals surface area contributed by atoms with E-state index in [1.54, 1.807) is 20.1 Å². The van der Waals surface area contributed by atoms with Crippen LogP contribution in [0.15, 0.2) is 65.9 Å². The Hall–Kier alpha value is -3.28. The van der Waals surface area contributed by atoms with E-state index in [4.69, 9.17) is 4.74 Å². The lowest BCUT2D eigenvalue weighted by Crippen LogP contribution is -2.45. The second kappa shape index (κ2) is 7.09. The van der Waals surface area contributed by atoms with E-state index in [0.29, 0.717) is 22.7 Å². The summed E-state index contributed by atoms with van der Waals surface area (Å²) in [5.41, 5.74) is 2.43. The van der Waals surface area contributed by atoms with Gasteiger partial charge in [0.15, 0.2) is 0 Å². The number of carbonyl (C=O) groups excluding carboxylic acids is 2. The van der Waals surface area contributed by atoms with Crippen molar-refractivity contribution in [1.29, 1.82) is 0 Å². The number of rotatable bonds is 4. The number of hydrogen-bond donors (Lipinski definition) is 3. The van der Waals surface area contributed by atoms with Gasteiger partial charge in [-0.15, -0.1) is 0 Å². The van der Waals surface area contributed by atoms with Crippen molar-refractivity contribution in [3.8, 4) is 5.75 Å². The number of benzene rings is 2. The Morgan fingerprint density at radius 2 is 1.88 bits per heavy atom. The van der Waals surface area contributed by atoms with Gasteiger partial charge in [-0.3, -0.25) is 4.79 Å². The van der Waals surface area contributed by atoms with Crippen LogP contribution in [0.1, 0.15) is 18.5 Å². The fraction of sp³-hybridized carbons (Fsp3) is 0.158.